The monoisotopic (exact) mass is 280 g/mol. The van der Waals surface area contributed by atoms with Gasteiger partial charge in [0.05, 0.1) is 7.11 Å². The average molecular weight is 280 g/mol. The Morgan fingerprint density at radius 2 is 2.00 bits per heavy atom. The molecule has 0 saturated carbocycles. The fourth-order valence-electron chi connectivity index (χ4n) is 2.29. The topological polar surface area (TPSA) is 44.7 Å². The molecule has 1 aromatic rings. The molecule has 0 aliphatic carbocycles. The summed E-state index contributed by atoms with van der Waals surface area (Å²) in [7, 11) is 1.60. The van der Waals surface area contributed by atoms with Gasteiger partial charge in [-0.3, -0.25) is 0 Å². The summed E-state index contributed by atoms with van der Waals surface area (Å²) in [5.74, 6) is 0.966. The van der Waals surface area contributed by atoms with Gasteiger partial charge in [-0.2, -0.15) is 0 Å². The number of nitrogens with one attached hydrogen (secondary N) is 1. The van der Waals surface area contributed by atoms with Gasteiger partial charge in [-0.25, -0.2) is 0 Å². The van der Waals surface area contributed by atoms with E-state index >= 15 is 0 Å². The molecule has 1 aromatic carbocycles. The van der Waals surface area contributed by atoms with Crippen molar-refractivity contribution in [1.82, 2.24) is 10.2 Å². The van der Waals surface area contributed by atoms with E-state index in [1.165, 1.54) is 0 Å². The summed E-state index contributed by atoms with van der Waals surface area (Å²) in [5.41, 5.74) is 0.911. The van der Waals surface area contributed by atoms with Crippen molar-refractivity contribution in [2.45, 2.75) is 33.2 Å². The van der Waals surface area contributed by atoms with Gasteiger partial charge in [-0.05, 0) is 45.6 Å². The van der Waals surface area contributed by atoms with Gasteiger partial charge in [-0.1, -0.05) is 19.9 Å². The molecule has 114 valence electrons. The van der Waals surface area contributed by atoms with Gasteiger partial charge in [0.15, 0.2) is 0 Å². The molecule has 1 unspecified atom stereocenters. The van der Waals surface area contributed by atoms with E-state index in [1.807, 2.05) is 12.1 Å². The minimum atomic E-state index is 0.137. The van der Waals surface area contributed by atoms with Crippen molar-refractivity contribution in [2.24, 2.45) is 0 Å². The average Bonchev–Trinajstić information content (AvgIpc) is 2.47. The first-order valence-electron chi connectivity index (χ1n) is 7.45. The zero-order valence-corrected chi connectivity index (χ0v) is 13.1. The number of hydrogen-bond donors (Lipinski definition) is 2. The van der Waals surface area contributed by atoms with Crippen molar-refractivity contribution in [3.8, 4) is 11.5 Å². The molecule has 0 fully saturated rings. The predicted octanol–water partition coefficient (Wildman–Crippen LogP) is 2.78. The molecule has 0 bridgehead atoms. The van der Waals surface area contributed by atoms with Crippen LogP contribution >= 0.6 is 0 Å². The summed E-state index contributed by atoms with van der Waals surface area (Å²) in [6.45, 7) is 10.7. The summed E-state index contributed by atoms with van der Waals surface area (Å²) in [4.78, 5) is 2.41. The quantitative estimate of drug-likeness (QED) is 0.683. The Hall–Kier alpha value is -1.26. The molecule has 0 heterocycles. The second-order valence-corrected chi connectivity index (χ2v) is 4.98. The van der Waals surface area contributed by atoms with E-state index in [9.17, 15) is 5.11 Å². The van der Waals surface area contributed by atoms with Gasteiger partial charge < -0.3 is 20.1 Å². The third-order valence-corrected chi connectivity index (χ3v) is 3.70. The lowest BCUT2D eigenvalue weighted by Gasteiger charge is -2.20. The number of aromatic hydroxyl groups is 1. The van der Waals surface area contributed by atoms with Crippen molar-refractivity contribution < 1.29 is 9.84 Å². The molecule has 0 spiro atoms. The molecule has 0 radical (unpaired) electrons. The number of ether oxygens (including phenoxy) is 1. The second kappa shape index (κ2) is 8.82. The Kier molecular flexibility index (Phi) is 7.41. The largest absolute Gasteiger partial charge is 0.507 e. The predicted molar refractivity (Wildman–Crippen MR) is 83.5 cm³/mol. The third kappa shape index (κ3) is 5.02. The van der Waals surface area contributed by atoms with Crippen LogP contribution in [0.5, 0.6) is 11.5 Å². The molecule has 1 atom stereocenters. The third-order valence-electron chi connectivity index (χ3n) is 3.70. The van der Waals surface area contributed by atoms with Crippen LogP contribution in [0.1, 0.15) is 38.8 Å². The van der Waals surface area contributed by atoms with Crippen molar-refractivity contribution in [1.29, 1.82) is 0 Å². The van der Waals surface area contributed by atoms with E-state index in [1.54, 1.807) is 13.2 Å². The number of nitrogens with zero attached hydrogens (tertiary/aromatic N) is 1. The highest BCUT2D eigenvalue weighted by Gasteiger charge is 2.10. The molecule has 1 rings (SSSR count). The molecule has 0 saturated heterocycles. The number of methoxy groups -OCH3 is 1. The fourth-order valence-corrected chi connectivity index (χ4v) is 2.29. The van der Waals surface area contributed by atoms with Crippen LogP contribution in [-0.4, -0.2) is 43.3 Å². The van der Waals surface area contributed by atoms with Crippen LogP contribution < -0.4 is 10.1 Å². The van der Waals surface area contributed by atoms with Crippen LogP contribution in [0.4, 0.5) is 0 Å². The van der Waals surface area contributed by atoms with E-state index in [-0.39, 0.29) is 11.8 Å². The van der Waals surface area contributed by atoms with Crippen LogP contribution in [0.15, 0.2) is 18.2 Å². The molecular formula is C16H28N2O2. The Balaban J connectivity index is 2.41. The first kappa shape index (κ1) is 16.8. The van der Waals surface area contributed by atoms with Crippen molar-refractivity contribution in [2.75, 3.05) is 33.3 Å². The molecule has 0 aliphatic heterocycles. The Labute approximate surface area is 122 Å². The lowest BCUT2D eigenvalue weighted by Crippen LogP contribution is -2.28. The van der Waals surface area contributed by atoms with Crippen molar-refractivity contribution in [3.05, 3.63) is 23.8 Å². The van der Waals surface area contributed by atoms with Gasteiger partial charge >= 0.3 is 0 Å². The highest BCUT2D eigenvalue weighted by molar-refractivity contribution is 5.41. The first-order valence-corrected chi connectivity index (χ1v) is 7.45. The maximum Gasteiger partial charge on any atom is 0.124 e. The Morgan fingerprint density at radius 3 is 2.55 bits per heavy atom. The van der Waals surface area contributed by atoms with Crippen molar-refractivity contribution in [3.63, 3.8) is 0 Å². The van der Waals surface area contributed by atoms with Gasteiger partial charge in [0.25, 0.3) is 0 Å². The standard InChI is InChI=1S/C16H28N2O2/c1-5-18(6-2)11-7-10-17-13(3)15-9-8-14(20-4)12-16(15)19/h8-9,12-13,17,19H,5-7,10-11H2,1-4H3. The van der Waals surface area contributed by atoms with Crippen LogP contribution in [0.2, 0.25) is 0 Å². The van der Waals surface area contributed by atoms with Crippen LogP contribution in [-0.2, 0) is 0 Å². The van der Waals surface area contributed by atoms with E-state index in [0.717, 1.165) is 38.2 Å². The fraction of sp³-hybridized carbons (Fsp3) is 0.625. The lowest BCUT2D eigenvalue weighted by molar-refractivity contribution is 0.296. The molecule has 0 aliphatic rings. The zero-order valence-electron chi connectivity index (χ0n) is 13.1. The molecule has 2 N–H and O–H groups in total. The van der Waals surface area contributed by atoms with Gasteiger partial charge in [-0.15, -0.1) is 0 Å². The minimum absolute atomic E-state index is 0.137. The second-order valence-electron chi connectivity index (χ2n) is 4.98. The number of benzene rings is 1. The summed E-state index contributed by atoms with van der Waals surface area (Å²) in [6, 6.07) is 5.58. The molecule has 0 aromatic heterocycles. The minimum Gasteiger partial charge on any atom is -0.507 e. The molecule has 0 amide bonds. The number of phenolic OH excluding ortho intramolecular Hbond substituents is 1. The summed E-state index contributed by atoms with van der Waals surface area (Å²) in [5, 5.41) is 13.4. The van der Waals surface area contributed by atoms with Gasteiger partial charge in [0.2, 0.25) is 0 Å². The number of phenols is 1. The maximum absolute atomic E-state index is 9.99. The number of hydrogen-bond acceptors (Lipinski definition) is 4. The van der Waals surface area contributed by atoms with E-state index in [4.69, 9.17) is 4.74 Å². The molecule has 20 heavy (non-hydrogen) atoms. The Bertz CT molecular complexity index is 392. The Morgan fingerprint density at radius 1 is 1.30 bits per heavy atom. The van der Waals surface area contributed by atoms with E-state index in [2.05, 4.69) is 31.0 Å². The van der Waals surface area contributed by atoms with Gasteiger partial charge in [0.1, 0.15) is 11.5 Å². The highest BCUT2D eigenvalue weighted by Crippen LogP contribution is 2.28. The zero-order chi connectivity index (χ0) is 15.0. The molecule has 4 heteroatoms. The van der Waals surface area contributed by atoms with Gasteiger partial charge in [0, 0.05) is 17.7 Å². The summed E-state index contributed by atoms with van der Waals surface area (Å²) >= 11 is 0. The molecule has 4 nitrogen and oxygen atoms in total. The summed E-state index contributed by atoms with van der Waals surface area (Å²) in [6.07, 6.45) is 1.11. The first-order chi connectivity index (χ1) is 9.62. The maximum atomic E-state index is 9.99. The van der Waals surface area contributed by atoms with E-state index < -0.39 is 0 Å². The van der Waals surface area contributed by atoms with Crippen LogP contribution in [0, 0.1) is 0 Å². The number of rotatable bonds is 9. The highest BCUT2D eigenvalue weighted by atomic mass is 16.5. The normalized spacial score (nSPS) is 12.7. The summed E-state index contributed by atoms with van der Waals surface area (Å²) < 4.78 is 5.09. The SMILES string of the molecule is CCN(CC)CCCNC(C)c1ccc(OC)cc1O. The van der Waals surface area contributed by atoms with Crippen LogP contribution in [0.3, 0.4) is 0 Å². The van der Waals surface area contributed by atoms with Crippen molar-refractivity contribution >= 4 is 0 Å². The lowest BCUT2D eigenvalue weighted by atomic mass is 10.1. The van der Waals surface area contributed by atoms with E-state index in [0.29, 0.717) is 5.75 Å². The molecular weight excluding hydrogens is 252 g/mol. The smallest absolute Gasteiger partial charge is 0.124 e. The van der Waals surface area contributed by atoms with Crippen LogP contribution in [0.25, 0.3) is 0 Å².